The predicted molar refractivity (Wildman–Crippen MR) is 71.0 cm³/mol. The zero-order valence-corrected chi connectivity index (χ0v) is 10.6. The summed E-state index contributed by atoms with van der Waals surface area (Å²) in [6, 6.07) is 7.33. The van der Waals surface area contributed by atoms with Crippen LogP contribution >= 0.6 is 0 Å². The van der Waals surface area contributed by atoms with E-state index in [1.54, 1.807) is 19.1 Å². The molecule has 0 heterocycles. The van der Waals surface area contributed by atoms with Crippen LogP contribution in [0, 0.1) is 12.3 Å². The van der Waals surface area contributed by atoms with Gasteiger partial charge in [0, 0.05) is 6.04 Å². The van der Waals surface area contributed by atoms with Gasteiger partial charge in [-0.1, -0.05) is 18.1 Å². The molecule has 3 N–H and O–H groups in total. The Kier molecular flexibility index (Phi) is 5.22. The van der Waals surface area contributed by atoms with E-state index in [-0.39, 0.29) is 18.5 Å². The average Bonchev–Trinajstić information content (AvgIpc) is 2.36. The van der Waals surface area contributed by atoms with Crippen molar-refractivity contribution in [3.05, 3.63) is 29.8 Å². The highest BCUT2D eigenvalue weighted by Gasteiger charge is 2.13. The standard InChI is InChI=1S/C14H18N2O2/c1-4-9-16-14(17)11(3)18-13-7-5-12(6-8-13)10(2)15/h1,5-8,10-11H,9,15H2,2-3H3,(H,16,17)/t10-,11?/m0/s1. The van der Waals surface area contributed by atoms with E-state index in [0.717, 1.165) is 5.56 Å². The van der Waals surface area contributed by atoms with Crippen molar-refractivity contribution in [1.29, 1.82) is 0 Å². The number of hydrogen-bond donors (Lipinski definition) is 2. The Hall–Kier alpha value is -1.99. The molecule has 0 saturated heterocycles. The molecule has 2 atom stereocenters. The lowest BCUT2D eigenvalue weighted by Crippen LogP contribution is -2.36. The number of hydrogen-bond acceptors (Lipinski definition) is 3. The first kappa shape index (κ1) is 14.1. The third-order valence-corrected chi connectivity index (χ3v) is 2.45. The topological polar surface area (TPSA) is 64.3 Å². The van der Waals surface area contributed by atoms with Crippen LogP contribution in [0.25, 0.3) is 0 Å². The summed E-state index contributed by atoms with van der Waals surface area (Å²) < 4.78 is 5.49. The zero-order valence-electron chi connectivity index (χ0n) is 10.6. The second-order valence-corrected chi connectivity index (χ2v) is 4.04. The number of carbonyl (C=O) groups is 1. The van der Waals surface area contributed by atoms with Crippen molar-refractivity contribution in [2.45, 2.75) is 26.0 Å². The summed E-state index contributed by atoms with van der Waals surface area (Å²) in [7, 11) is 0. The molecular weight excluding hydrogens is 228 g/mol. The highest BCUT2D eigenvalue weighted by molar-refractivity contribution is 5.80. The molecule has 4 heteroatoms. The van der Waals surface area contributed by atoms with Crippen LogP contribution in [0.3, 0.4) is 0 Å². The van der Waals surface area contributed by atoms with E-state index in [4.69, 9.17) is 16.9 Å². The van der Waals surface area contributed by atoms with E-state index >= 15 is 0 Å². The number of nitrogens with two attached hydrogens (primary N) is 1. The molecule has 1 rings (SSSR count). The van der Waals surface area contributed by atoms with E-state index in [2.05, 4.69) is 11.2 Å². The molecule has 0 radical (unpaired) electrons. The van der Waals surface area contributed by atoms with E-state index < -0.39 is 6.10 Å². The first-order valence-corrected chi connectivity index (χ1v) is 5.78. The molecule has 0 saturated carbocycles. The fourth-order valence-electron chi connectivity index (χ4n) is 1.39. The Morgan fingerprint density at radius 2 is 2.06 bits per heavy atom. The van der Waals surface area contributed by atoms with Gasteiger partial charge in [0.15, 0.2) is 6.10 Å². The lowest BCUT2D eigenvalue weighted by atomic mass is 10.1. The predicted octanol–water partition coefficient (Wildman–Crippen LogP) is 1.22. The van der Waals surface area contributed by atoms with Crippen molar-refractivity contribution in [2.75, 3.05) is 6.54 Å². The number of amides is 1. The minimum absolute atomic E-state index is 0.0181. The van der Waals surface area contributed by atoms with Crippen LogP contribution in [0.4, 0.5) is 0 Å². The molecule has 0 aromatic heterocycles. The Morgan fingerprint density at radius 1 is 1.44 bits per heavy atom. The maximum Gasteiger partial charge on any atom is 0.261 e. The van der Waals surface area contributed by atoms with Crippen LogP contribution in [0.5, 0.6) is 5.75 Å². The number of rotatable bonds is 5. The first-order valence-electron chi connectivity index (χ1n) is 5.78. The second-order valence-electron chi connectivity index (χ2n) is 4.04. The lowest BCUT2D eigenvalue weighted by molar-refractivity contribution is -0.126. The Balaban J connectivity index is 2.57. The molecular formula is C14H18N2O2. The molecule has 0 aliphatic rings. The number of carbonyl (C=O) groups excluding carboxylic acids is 1. The molecule has 1 unspecified atom stereocenters. The Labute approximate surface area is 108 Å². The normalized spacial score (nSPS) is 13.2. The van der Waals surface area contributed by atoms with Gasteiger partial charge in [-0.25, -0.2) is 0 Å². The number of ether oxygens (including phenoxy) is 1. The van der Waals surface area contributed by atoms with Gasteiger partial charge < -0.3 is 15.8 Å². The highest BCUT2D eigenvalue weighted by atomic mass is 16.5. The average molecular weight is 246 g/mol. The van der Waals surface area contributed by atoms with Crippen LogP contribution in [0.15, 0.2) is 24.3 Å². The van der Waals surface area contributed by atoms with Crippen molar-refractivity contribution in [3.63, 3.8) is 0 Å². The number of terminal acetylenes is 1. The van der Waals surface area contributed by atoms with Gasteiger partial charge in [0.1, 0.15) is 5.75 Å². The fraction of sp³-hybridized carbons (Fsp3) is 0.357. The molecule has 0 aliphatic carbocycles. The van der Waals surface area contributed by atoms with Crippen molar-refractivity contribution in [2.24, 2.45) is 5.73 Å². The molecule has 0 bridgehead atoms. The smallest absolute Gasteiger partial charge is 0.261 e. The quantitative estimate of drug-likeness (QED) is 0.768. The third kappa shape index (κ3) is 4.11. The maximum absolute atomic E-state index is 11.5. The molecule has 1 aromatic rings. The van der Waals surface area contributed by atoms with Crippen molar-refractivity contribution in [1.82, 2.24) is 5.32 Å². The number of benzene rings is 1. The Bertz CT molecular complexity index is 432. The summed E-state index contributed by atoms with van der Waals surface area (Å²) in [6.07, 6.45) is 4.47. The molecule has 0 fully saturated rings. The minimum Gasteiger partial charge on any atom is -0.481 e. The van der Waals surface area contributed by atoms with Gasteiger partial charge in [0.25, 0.3) is 5.91 Å². The highest BCUT2D eigenvalue weighted by Crippen LogP contribution is 2.17. The van der Waals surface area contributed by atoms with Crippen LogP contribution < -0.4 is 15.8 Å². The molecule has 0 spiro atoms. The van der Waals surface area contributed by atoms with Gasteiger partial charge in [0.05, 0.1) is 6.54 Å². The fourth-order valence-corrected chi connectivity index (χ4v) is 1.39. The summed E-state index contributed by atoms with van der Waals surface area (Å²) >= 11 is 0. The van der Waals surface area contributed by atoms with E-state index in [9.17, 15) is 4.79 Å². The van der Waals surface area contributed by atoms with Crippen molar-refractivity contribution < 1.29 is 9.53 Å². The van der Waals surface area contributed by atoms with Gasteiger partial charge in [-0.2, -0.15) is 0 Å². The van der Waals surface area contributed by atoms with Crippen LogP contribution in [-0.2, 0) is 4.79 Å². The van der Waals surface area contributed by atoms with Gasteiger partial charge in [-0.15, -0.1) is 6.42 Å². The van der Waals surface area contributed by atoms with Gasteiger partial charge in [0.2, 0.25) is 0 Å². The third-order valence-electron chi connectivity index (χ3n) is 2.45. The minimum atomic E-state index is -0.584. The second kappa shape index (κ2) is 6.67. The first-order chi connectivity index (χ1) is 8.54. The van der Waals surface area contributed by atoms with Crippen LogP contribution in [0.2, 0.25) is 0 Å². The maximum atomic E-state index is 11.5. The largest absolute Gasteiger partial charge is 0.481 e. The SMILES string of the molecule is C#CCNC(=O)C(C)Oc1ccc([C@H](C)N)cc1. The Morgan fingerprint density at radius 3 is 2.56 bits per heavy atom. The summed E-state index contributed by atoms with van der Waals surface area (Å²) in [6.45, 7) is 3.78. The summed E-state index contributed by atoms with van der Waals surface area (Å²) in [5.41, 5.74) is 6.76. The molecule has 1 amide bonds. The van der Waals surface area contributed by atoms with E-state index in [1.165, 1.54) is 0 Å². The zero-order chi connectivity index (χ0) is 13.5. The molecule has 0 aliphatic heterocycles. The van der Waals surface area contributed by atoms with Crippen molar-refractivity contribution >= 4 is 5.91 Å². The molecule has 1 aromatic carbocycles. The van der Waals surface area contributed by atoms with Gasteiger partial charge >= 0.3 is 0 Å². The van der Waals surface area contributed by atoms with Crippen molar-refractivity contribution in [3.8, 4) is 18.1 Å². The van der Waals surface area contributed by atoms with E-state index in [1.807, 2.05) is 19.1 Å². The van der Waals surface area contributed by atoms with Crippen LogP contribution in [-0.4, -0.2) is 18.6 Å². The lowest BCUT2D eigenvalue weighted by Gasteiger charge is -2.14. The van der Waals surface area contributed by atoms with Crippen LogP contribution in [0.1, 0.15) is 25.5 Å². The monoisotopic (exact) mass is 246 g/mol. The van der Waals surface area contributed by atoms with E-state index in [0.29, 0.717) is 5.75 Å². The summed E-state index contributed by atoms with van der Waals surface area (Å²) in [4.78, 5) is 11.5. The summed E-state index contributed by atoms with van der Waals surface area (Å²) in [5.74, 6) is 2.73. The number of nitrogens with one attached hydrogen (secondary N) is 1. The molecule has 4 nitrogen and oxygen atoms in total. The van der Waals surface area contributed by atoms with Gasteiger partial charge in [-0.05, 0) is 31.5 Å². The molecule has 96 valence electrons. The molecule has 18 heavy (non-hydrogen) atoms. The van der Waals surface area contributed by atoms with Gasteiger partial charge in [-0.3, -0.25) is 4.79 Å². The summed E-state index contributed by atoms with van der Waals surface area (Å²) in [5, 5.41) is 2.56.